The van der Waals surface area contributed by atoms with Crippen LogP contribution in [0.25, 0.3) is 0 Å². The molecule has 0 aliphatic heterocycles. The minimum atomic E-state index is -0.101. The third kappa shape index (κ3) is 3.39. The summed E-state index contributed by atoms with van der Waals surface area (Å²) in [6.45, 7) is 1.47. The highest BCUT2D eigenvalue weighted by Gasteiger charge is 2.11. The van der Waals surface area contributed by atoms with Crippen LogP contribution in [0.15, 0.2) is 40.5 Å². The molecule has 0 saturated heterocycles. The van der Waals surface area contributed by atoms with E-state index in [-0.39, 0.29) is 5.91 Å². The van der Waals surface area contributed by atoms with Crippen molar-refractivity contribution < 1.29 is 9.53 Å². The molecule has 7 heteroatoms. The number of methoxy groups -OCH3 is 1. The molecule has 3 N–H and O–H groups in total. The molecular formula is C13H14N4O2S. The molecule has 1 aromatic heterocycles. The summed E-state index contributed by atoms with van der Waals surface area (Å²) < 4.78 is 5.20. The molecule has 0 unspecified atom stereocenters. The van der Waals surface area contributed by atoms with E-state index >= 15 is 0 Å². The van der Waals surface area contributed by atoms with E-state index in [4.69, 9.17) is 10.5 Å². The number of amides is 1. The average Bonchev–Trinajstić information content (AvgIpc) is 2.41. The maximum Gasteiger partial charge on any atom is 0.221 e. The number of hydrogen-bond acceptors (Lipinski definition) is 6. The molecule has 104 valence electrons. The lowest BCUT2D eigenvalue weighted by Crippen LogP contribution is -2.05. The molecule has 0 fully saturated rings. The van der Waals surface area contributed by atoms with Crippen LogP contribution in [0.4, 0.5) is 11.5 Å². The zero-order chi connectivity index (χ0) is 14.5. The van der Waals surface area contributed by atoms with Crippen LogP contribution in [0.1, 0.15) is 6.92 Å². The lowest BCUT2D eigenvalue weighted by atomic mass is 10.3. The highest BCUT2D eigenvalue weighted by Crippen LogP contribution is 2.35. The first kappa shape index (κ1) is 14.1. The van der Waals surface area contributed by atoms with Gasteiger partial charge in [-0.3, -0.25) is 4.79 Å². The van der Waals surface area contributed by atoms with Gasteiger partial charge in [-0.15, -0.1) is 0 Å². The van der Waals surface area contributed by atoms with Gasteiger partial charge in [-0.25, -0.2) is 9.97 Å². The van der Waals surface area contributed by atoms with E-state index in [1.807, 2.05) is 24.3 Å². The Morgan fingerprint density at radius 2 is 2.00 bits per heavy atom. The van der Waals surface area contributed by atoms with Crippen molar-refractivity contribution in [2.45, 2.75) is 16.8 Å². The fraction of sp³-hybridized carbons (Fsp3) is 0.154. The highest BCUT2D eigenvalue weighted by molar-refractivity contribution is 7.99. The highest BCUT2D eigenvalue weighted by atomic mass is 32.2. The molecule has 0 atom stereocenters. The van der Waals surface area contributed by atoms with Gasteiger partial charge in [0.15, 0.2) is 11.6 Å². The van der Waals surface area contributed by atoms with Crippen molar-refractivity contribution in [1.82, 2.24) is 9.97 Å². The van der Waals surface area contributed by atoms with Crippen LogP contribution in [0, 0.1) is 0 Å². The number of carbonyl (C=O) groups is 1. The molecule has 20 heavy (non-hydrogen) atoms. The van der Waals surface area contributed by atoms with Crippen LogP contribution in [-0.4, -0.2) is 23.0 Å². The molecule has 6 nitrogen and oxygen atoms in total. The fourth-order valence-corrected chi connectivity index (χ4v) is 2.43. The standard InChI is InChI=1S/C13H14N4O2S/c1-8(18)17-9-3-5-10(6-4-9)20-13-11(19-2)12(14)15-7-16-13/h3-7H,1-2H3,(H,17,18)(H2,14,15,16). The van der Waals surface area contributed by atoms with Crippen LogP contribution in [0.5, 0.6) is 5.75 Å². The van der Waals surface area contributed by atoms with E-state index in [0.717, 1.165) is 10.6 Å². The van der Waals surface area contributed by atoms with E-state index < -0.39 is 0 Å². The number of nitrogen functional groups attached to an aromatic ring is 1. The maximum atomic E-state index is 10.9. The van der Waals surface area contributed by atoms with Gasteiger partial charge < -0.3 is 15.8 Å². The normalized spacial score (nSPS) is 10.1. The number of benzene rings is 1. The van der Waals surface area contributed by atoms with E-state index in [2.05, 4.69) is 15.3 Å². The molecule has 2 rings (SSSR count). The fourth-order valence-electron chi connectivity index (χ4n) is 1.56. The molecule has 0 aliphatic rings. The Hall–Kier alpha value is -2.28. The summed E-state index contributed by atoms with van der Waals surface area (Å²) in [6.07, 6.45) is 1.39. The number of aromatic nitrogens is 2. The van der Waals surface area contributed by atoms with E-state index in [0.29, 0.717) is 16.6 Å². The van der Waals surface area contributed by atoms with Crippen molar-refractivity contribution in [3.05, 3.63) is 30.6 Å². The third-order valence-corrected chi connectivity index (χ3v) is 3.38. The van der Waals surface area contributed by atoms with E-state index in [9.17, 15) is 4.79 Å². The third-order valence-electron chi connectivity index (χ3n) is 2.39. The molecule has 0 spiro atoms. The largest absolute Gasteiger partial charge is 0.490 e. The summed E-state index contributed by atoms with van der Waals surface area (Å²) >= 11 is 1.41. The van der Waals surface area contributed by atoms with Gasteiger partial charge in [-0.1, -0.05) is 11.8 Å². The van der Waals surface area contributed by atoms with Crippen molar-refractivity contribution in [2.75, 3.05) is 18.2 Å². The molecule has 1 aromatic carbocycles. The Morgan fingerprint density at radius 3 is 2.60 bits per heavy atom. The number of anilines is 2. The number of nitrogens with one attached hydrogen (secondary N) is 1. The monoisotopic (exact) mass is 290 g/mol. The first-order chi connectivity index (χ1) is 9.60. The van der Waals surface area contributed by atoms with Gasteiger partial charge in [0.2, 0.25) is 5.91 Å². The molecule has 1 heterocycles. The molecular weight excluding hydrogens is 276 g/mol. The predicted molar refractivity (Wildman–Crippen MR) is 77.9 cm³/mol. The van der Waals surface area contributed by atoms with Crippen LogP contribution in [0.3, 0.4) is 0 Å². The van der Waals surface area contributed by atoms with Gasteiger partial charge in [0.1, 0.15) is 11.4 Å². The van der Waals surface area contributed by atoms with Gasteiger partial charge in [0, 0.05) is 17.5 Å². The van der Waals surface area contributed by atoms with Crippen molar-refractivity contribution in [3.8, 4) is 5.75 Å². The zero-order valence-electron chi connectivity index (χ0n) is 11.1. The van der Waals surface area contributed by atoms with Crippen molar-refractivity contribution in [3.63, 3.8) is 0 Å². The Morgan fingerprint density at radius 1 is 1.30 bits per heavy atom. The van der Waals surface area contributed by atoms with Crippen LogP contribution in [-0.2, 0) is 4.79 Å². The van der Waals surface area contributed by atoms with Crippen LogP contribution in [0.2, 0.25) is 0 Å². The topological polar surface area (TPSA) is 90.1 Å². The molecule has 0 radical (unpaired) electrons. The van der Waals surface area contributed by atoms with Gasteiger partial charge in [-0.2, -0.15) is 0 Å². The molecule has 0 bridgehead atoms. The van der Waals surface area contributed by atoms with E-state index in [1.165, 1.54) is 32.1 Å². The molecule has 1 amide bonds. The maximum absolute atomic E-state index is 10.9. The van der Waals surface area contributed by atoms with Crippen molar-refractivity contribution in [2.24, 2.45) is 0 Å². The zero-order valence-corrected chi connectivity index (χ0v) is 11.9. The number of carbonyl (C=O) groups excluding carboxylic acids is 1. The first-order valence-electron chi connectivity index (χ1n) is 5.80. The summed E-state index contributed by atoms with van der Waals surface area (Å²) in [6, 6.07) is 7.41. The summed E-state index contributed by atoms with van der Waals surface area (Å²) in [5, 5.41) is 3.35. The SMILES string of the molecule is COc1c(N)ncnc1Sc1ccc(NC(C)=O)cc1. The summed E-state index contributed by atoms with van der Waals surface area (Å²) in [5.41, 5.74) is 6.47. The Balaban J connectivity index is 2.18. The number of hydrogen-bond donors (Lipinski definition) is 2. The Kier molecular flexibility index (Phi) is 4.41. The molecule has 0 saturated carbocycles. The number of nitrogens with two attached hydrogens (primary N) is 1. The van der Waals surface area contributed by atoms with Gasteiger partial charge in [0.25, 0.3) is 0 Å². The Bertz CT molecular complexity index is 616. The number of rotatable bonds is 4. The number of nitrogens with zero attached hydrogens (tertiary/aromatic N) is 2. The van der Waals surface area contributed by atoms with Crippen molar-refractivity contribution >= 4 is 29.2 Å². The van der Waals surface area contributed by atoms with E-state index in [1.54, 1.807) is 0 Å². The summed E-state index contributed by atoms with van der Waals surface area (Å²) in [7, 11) is 1.53. The quantitative estimate of drug-likeness (QED) is 0.839. The van der Waals surface area contributed by atoms with Gasteiger partial charge in [-0.05, 0) is 24.3 Å². The molecule has 2 aromatic rings. The minimum Gasteiger partial charge on any atom is -0.490 e. The lowest BCUT2D eigenvalue weighted by molar-refractivity contribution is -0.114. The number of ether oxygens (including phenoxy) is 1. The van der Waals surface area contributed by atoms with Crippen LogP contribution >= 0.6 is 11.8 Å². The molecule has 0 aliphatic carbocycles. The lowest BCUT2D eigenvalue weighted by Gasteiger charge is -2.08. The predicted octanol–water partition coefficient (Wildman–Crippen LogP) is 2.18. The smallest absolute Gasteiger partial charge is 0.221 e. The first-order valence-corrected chi connectivity index (χ1v) is 6.61. The van der Waals surface area contributed by atoms with Crippen molar-refractivity contribution in [1.29, 1.82) is 0 Å². The van der Waals surface area contributed by atoms with Gasteiger partial charge in [0.05, 0.1) is 7.11 Å². The van der Waals surface area contributed by atoms with Gasteiger partial charge >= 0.3 is 0 Å². The second-order valence-corrected chi connectivity index (χ2v) is 4.97. The Labute approximate surface area is 120 Å². The minimum absolute atomic E-state index is 0.101. The average molecular weight is 290 g/mol. The van der Waals surface area contributed by atoms with Crippen LogP contribution < -0.4 is 15.8 Å². The summed E-state index contributed by atoms with van der Waals surface area (Å²) in [5.74, 6) is 0.666. The second-order valence-electron chi connectivity index (χ2n) is 3.90. The summed E-state index contributed by atoms with van der Waals surface area (Å²) in [4.78, 5) is 19.9. The second kappa shape index (κ2) is 6.25.